The topological polar surface area (TPSA) is 42.4 Å². The Morgan fingerprint density at radius 2 is 1.91 bits per heavy atom. The number of ether oxygens (including phenoxy) is 1. The van der Waals surface area contributed by atoms with E-state index in [4.69, 9.17) is 0 Å². The molecule has 2 rings (SSSR count). The maximum Gasteiger partial charge on any atom is 0.573 e. The molecule has 0 aliphatic rings. The van der Waals surface area contributed by atoms with Crippen LogP contribution >= 0.6 is 0 Å². The zero-order valence-corrected chi connectivity index (χ0v) is 11.7. The maximum atomic E-state index is 12.2. The number of halogens is 3. The highest BCUT2D eigenvalue weighted by Gasteiger charge is 2.31. The second-order valence-electron chi connectivity index (χ2n) is 4.59. The second-order valence-corrected chi connectivity index (χ2v) is 4.59. The van der Waals surface area contributed by atoms with Crippen LogP contribution in [0.25, 0.3) is 0 Å². The third-order valence-electron chi connectivity index (χ3n) is 2.82. The normalized spacial score (nSPS) is 11.1. The Hall–Kier alpha value is -2.57. The van der Waals surface area contributed by atoms with Crippen LogP contribution in [-0.2, 0) is 6.54 Å². The number of alkyl halides is 3. The number of pyridine rings is 1. The third-order valence-corrected chi connectivity index (χ3v) is 2.82. The van der Waals surface area contributed by atoms with Crippen molar-refractivity contribution in [3.8, 4) is 5.75 Å². The molecule has 0 aliphatic carbocycles. The largest absolute Gasteiger partial charge is 0.573 e. The Morgan fingerprint density at radius 1 is 1.23 bits per heavy atom. The van der Waals surface area contributed by atoms with Crippen molar-refractivity contribution in [1.82, 2.24) is 9.88 Å². The van der Waals surface area contributed by atoms with Gasteiger partial charge >= 0.3 is 6.36 Å². The van der Waals surface area contributed by atoms with Gasteiger partial charge in [0, 0.05) is 31.5 Å². The third kappa shape index (κ3) is 4.47. The van der Waals surface area contributed by atoms with Crippen LogP contribution in [0.15, 0.2) is 48.8 Å². The Morgan fingerprint density at radius 3 is 2.45 bits per heavy atom. The van der Waals surface area contributed by atoms with Crippen molar-refractivity contribution in [2.45, 2.75) is 12.9 Å². The molecule has 0 saturated heterocycles. The van der Waals surface area contributed by atoms with E-state index in [2.05, 4.69) is 9.72 Å². The number of rotatable bonds is 4. The van der Waals surface area contributed by atoms with E-state index in [0.717, 1.165) is 17.7 Å². The van der Waals surface area contributed by atoms with Gasteiger partial charge in [0.05, 0.1) is 0 Å². The maximum absolute atomic E-state index is 12.2. The molecule has 0 bridgehead atoms. The molecule has 4 nitrogen and oxygen atoms in total. The lowest BCUT2D eigenvalue weighted by atomic mass is 10.2. The minimum atomic E-state index is -4.75. The van der Waals surface area contributed by atoms with E-state index >= 15 is 0 Å². The van der Waals surface area contributed by atoms with Crippen LogP contribution in [0.2, 0.25) is 0 Å². The van der Waals surface area contributed by atoms with Crippen LogP contribution in [0.1, 0.15) is 15.9 Å². The highest BCUT2D eigenvalue weighted by atomic mass is 19.4. The van der Waals surface area contributed by atoms with Crippen LogP contribution in [0.3, 0.4) is 0 Å². The molecule has 0 unspecified atom stereocenters. The summed E-state index contributed by atoms with van der Waals surface area (Å²) < 4.78 is 40.0. The molecule has 0 atom stereocenters. The molecule has 1 aromatic carbocycles. The number of carbonyl (C=O) groups excluding carboxylic acids is 1. The first-order valence-electron chi connectivity index (χ1n) is 6.35. The van der Waals surface area contributed by atoms with Gasteiger partial charge in [0.15, 0.2) is 0 Å². The number of nitrogens with zero attached hydrogens (tertiary/aromatic N) is 2. The lowest BCUT2D eigenvalue weighted by molar-refractivity contribution is -0.274. The molecule has 0 spiro atoms. The Kier molecular flexibility index (Phi) is 4.65. The molecule has 0 aliphatic heterocycles. The van der Waals surface area contributed by atoms with Crippen molar-refractivity contribution < 1.29 is 22.7 Å². The number of hydrogen-bond donors (Lipinski definition) is 0. The smallest absolute Gasteiger partial charge is 0.406 e. The molecular weight excluding hydrogens is 297 g/mol. The average molecular weight is 310 g/mol. The molecule has 0 radical (unpaired) electrons. The average Bonchev–Trinajstić information content (AvgIpc) is 2.46. The first-order chi connectivity index (χ1) is 10.3. The van der Waals surface area contributed by atoms with Crippen LogP contribution in [-0.4, -0.2) is 29.2 Å². The summed E-state index contributed by atoms with van der Waals surface area (Å²) in [7, 11) is 1.61. The highest BCUT2D eigenvalue weighted by Crippen LogP contribution is 2.23. The summed E-state index contributed by atoms with van der Waals surface area (Å²) in [4.78, 5) is 17.6. The lowest BCUT2D eigenvalue weighted by Gasteiger charge is -2.17. The van der Waals surface area contributed by atoms with Gasteiger partial charge in [-0.1, -0.05) is 6.07 Å². The summed E-state index contributed by atoms with van der Waals surface area (Å²) in [5.74, 6) is -0.665. The van der Waals surface area contributed by atoms with Crippen molar-refractivity contribution in [1.29, 1.82) is 0 Å². The number of benzene rings is 1. The molecule has 1 aromatic heterocycles. The van der Waals surface area contributed by atoms with Gasteiger partial charge in [0.2, 0.25) is 0 Å². The van der Waals surface area contributed by atoms with Crippen molar-refractivity contribution in [3.05, 3.63) is 59.9 Å². The standard InChI is InChI=1S/C15H13F3N2O2/c1-20(10-11-3-2-8-19-9-11)14(21)12-4-6-13(7-5-12)22-15(16,17)18/h2-9H,10H2,1H3. The van der Waals surface area contributed by atoms with E-state index in [9.17, 15) is 18.0 Å². The molecule has 0 saturated carbocycles. The first-order valence-corrected chi connectivity index (χ1v) is 6.35. The molecule has 1 heterocycles. The van der Waals surface area contributed by atoms with E-state index in [-0.39, 0.29) is 17.2 Å². The quantitative estimate of drug-likeness (QED) is 0.870. The van der Waals surface area contributed by atoms with Crippen molar-refractivity contribution in [2.24, 2.45) is 0 Å². The van der Waals surface area contributed by atoms with Crippen LogP contribution < -0.4 is 4.74 Å². The second kappa shape index (κ2) is 6.46. The number of hydrogen-bond acceptors (Lipinski definition) is 3. The molecule has 1 amide bonds. The number of aromatic nitrogens is 1. The fourth-order valence-corrected chi connectivity index (χ4v) is 1.86. The van der Waals surface area contributed by atoms with Gasteiger partial charge in [-0.05, 0) is 35.9 Å². The predicted octanol–water partition coefficient (Wildman–Crippen LogP) is 3.25. The van der Waals surface area contributed by atoms with Gasteiger partial charge in [0.1, 0.15) is 5.75 Å². The number of amides is 1. The van der Waals surface area contributed by atoms with Crippen molar-refractivity contribution in [2.75, 3.05) is 7.05 Å². The summed E-state index contributed by atoms with van der Waals surface area (Å²) in [6, 6.07) is 8.40. The van der Waals surface area contributed by atoms with E-state index in [1.165, 1.54) is 17.0 Å². The van der Waals surface area contributed by atoms with Crippen LogP contribution in [0.4, 0.5) is 13.2 Å². The fraction of sp³-hybridized carbons (Fsp3) is 0.200. The summed E-state index contributed by atoms with van der Waals surface area (Å²) in [5.41, 5.74) is 1.14. The minimum Gasteiger partial charge on any atom is -0.406 e. The summed E-state index contributed by atoms with van der Waals surface area (Å²) in [6.45, 7) is 0.355. The van der Waals surface area contributed by atoms with Crippen LogP contribution in [0.5, 0.6) is 5.75 Å². The fourth-order valence-electron chi connectivity index (χ4n) is 1.86. The van der Waals surface area contributed by atoms with Crippen LogP contribution in [0, 0.1) is 0 Å². The summed E-state index contributed by atoms with van der Waals surface area (Å²) in [6.07, 6.45) is -1.47. The monoisotopic (exact) mass is 310 g/mol. The van der Waals surface area contributed by atoms with Gasteiger partial charge in [-0.2, -0.15) is 0 Å². The molecule has 7 heteroatoms. The first kappa shape index (κ1) is 15.8. The lowest BCUT2D eigenvalue weighted by Crippen LogP contribution is -2.26. The summed E-state index contributed by atoms with van der Waals surface area (Å²) in [5, 5.41) is 0. The van der Waals surface area contributed by atoms with Gasteiger partial charge in [0.25, 0.3) is 5.91 Å². The van der Waals surface area contributed by atoms with E-state index in [0.29, 0.717) is 6.54 Å². The predicted molar refractivity (Wildman–Crippen MR) is 73.2 cm³/mol. The Labute approximate surface area is 125 Å². The van der Waals surface area contributed by atoms with E-state index in [1.807, 2.05) is 6.07 Å². The van der Waals surface area contributed by atoms with E-state index in [1.54, 1.807) is 25.5 Å². The molecule has 2 aromatic rings. The molecule has 0 N–H and O–H groups in total. The Bertz CT molecular complexity index is 627. The van der Waals surface area contributed by atoms with Crippen molar-refractivity contribution in [3.63, 3.8) is 0 Å². The Balaban J connectivity index is 2.03. The number of carbonyl (C=O) groups is 1. The van der Waals surface area contributed by atoms with E-state index < -0.39 is 6.36 Å². The minimum absolute atomic E-state index is 0.279. The highest BCUT2D eigenvalue weighted by molar-refractivity contribution is 5.94. The van der Waals surface area contributed by atoms with Gasteiger partial charge < -0.3 is 9.64 Å². The summed E-state index contributed by atoms with van der Waals surface area (Å²) >= 11 is 0. The van der Waals surface area contributed by atoms with Gasteiger partial charge in [-0.3, -0.25) is 9.78 Å². The molecule has 22 heavy (non-hydrogen) atoms. The zero-order valence-electron chi connectivity index (χ0n) is 11.7. The molecule has 0 fully saturated rings. The van der Waals surface area contributed by atoms with Gasteiger partial charge in [-0.15, -0.1) is 13.2 Å². The SMILES string of the molecule is CN(Cc1cccnc1)C(=O)c1ccc(OC(F)(F)F)cc1. The molecular formula is C15H13F3N2O2. The zero-order chi connectivity index (χ0) is 16.2. The van der Waals surface area contributed by atoms with Gasteiger partial charge in [-0.25, -0.2) is 0 Å². The molecule has 116 valence electrons. The van der Waals surface area contributed by atoms with Crippen molar-refractivity contribution >= 4 is 5.91 Å².